The van der Waals surface area contributed by atoms with Crippen LogP contribution in [0.2, 0.25) is 5.02 Å². The number of sulfonamides is 1. The van der Waals surface area contributed by atoms with Gasteiger partial charge in [-0.15, -0.1) is 0 Å². The third-order valence-corrected chi connectivity index (χ3v) is 8.62. The first-order valence-electron chi connectivity index (χ1n) is 12.0. The largest absolute Gasteiger partial charge is 1.00 e. The number of morpholine rings is 1. The Bertz CT molecular complexity index is 1650. The molecule has 5 rings (SSSR count). The summed E-state index contributed by atoms with van der Waals surface area (Å²) in [6, 6.07) is 19.2. The van der Waals surface area contributed by atoms with Crippen molar-refractivity contribution in [2.45, 2.75) is 4.90 Å². The maximum absolute atomic E-state index is 13.3. The number of benzene rings is 3. The van der Waals surface area contributed by atoms with Crippen molar-refractivity contribution >= 4 is 61.4 Å². The molecule has 41 heavy (non-hydrogen) atoms. The van der Waals surface area contributed by atoms with Crippen LogP contribution in [-0.2, 0) is 14.8 Å². The van der Waals surface area contributed by atoms with Gasteiger partial charge in [-0.2, -0.15) is 5.10 Å². The molecule has 3 aromatic carbocycles. The Morgan fingerprint density at radius 1 is 1.07 bits per heavy atom. The van der Waals surface area contributed by atoms with Crippen LogP contribution in [0.15, 0.2) is 82.8 Å². The second kappa shape index (κ2) is 13.4. The molecule has 2 heterocycles. The van der Waals surface area contributed by atoms with Gasteiger partial charge in [0.1, 0.15) is 4.90 Å². The SMILES string of the molecule is O=[N+]([O-])c1ccc(NN=Cc2sc(N3CCOCC3)nc2-c2ccccc2)c(S(=O)(=O)Nc2ccc(Cl)cc2)c1.[Br-]. The van der Waals surface area contributed by atoms with Gasteiger partial charge >= 0.3 is 0 Å². The highest BCUT2D eigenvalue weighted by Crippen LogP contribution is 2.33. The number of hydrogen-bond acceptors (Lipinski definition) is 10. The third kappa shape index (κ3) is 7.40. The number of nitrogens with zero attached hydrogens (tertiary/aromatic N) is 4. The molecule has 11 nitrogen and oxygen atoms in total. The molecule has 0 saturated carbocycles. The van der Waals surface area contributed by atoms with E-state index in [9.17, 15) is 18.5 Å². The molecule has 0 bridgehead atoms. The standard InChI is InChI=1S/C26H23ClN6O5S2.BrH/c27-19-6-8-20(9-7-19)31-40(36,37)24-16-21(33(34)35)10-11-22(24)30-28-17-23-25(18-4-2-1-3-5-18)29-26(39-23)32-12-14-38-15-13-32;/h1-11,16-17,30-31H,12-15H2;1H/p-1. The van der Waals surface area contributed by atoms with Crippen molar-refractivity contribution in [3.05, 3.63) is 92.8 Å². The Hall–Kier alpha value is -3.56. The normalized spacial score (nSPS) is 13.5. The molecule has 1 aliphatic rings. The summed E-state index contributed by atoms with van der Waals surface area (Å²) in [5.41, 5.74) is 4.32. The summed E-state index contributed by atoms with van der Waals surface area (Å²) in [6.45, 7) is 2.68. The van der Waals surface area contributed by atoms with Gasteiger partial charge in [-0.05, 0) is 30.3 Å². The van der Waals surface area contributed by atoms with Crippen molar-refractivity contribution in [2.24, 2.45) is 5.10 Å². The topological polar surface area (TPSA) is 139 Å². The summed E-state index contributed by atoms with van der Waals surface area (Å²) in [4.78, 5) is 18.2. The van der Waals surface area contributed by atoms with E-state index in [1.54, 1.807) is 6.21 Å². The molecular formula is C26H23BrClN6O5S2-. The van der Waals surface area contributed by atoms with Crippen LogP contribution in [0.3, 0.4) is 0 Å². The number of aromatic nitrogens is 1. The van der Waals surface area contributed by atoms with Crippen molar-refractivity contribution < 1.29 is 35.1 Å². The van der Waals surface area contributed by atoms with Gasteiger partial charge in [-0.1, -0.05) is 53.3 Å². The Labute approximate surface area is 255 Å². The molecule has 15 heteroatoms. The number of ether oxygens (including phenoxy) is 1. The number of rotatable bonds is 9. The molecule has 0 amide bonds. The highest BCUT2D eigenvalue weighted by molar-refractivity contribution is 7.92. The highest BCUT2D eigenvalue weighted by atomic mass is 79.9. The zero-order valence-corrected chi connectivity index (χ0v) is 25.2. The Kier molecular flexibility index (Phi) is 9.94. The Morgan fingerprint density at radius 2 is 1.78 bits per heavy atom. The lowest BCUT2D eigenvalue weighted by Crippen LogP contribution is -3.00. The zero-order valence-electron chi connectivity index (χ0n) is 21.2. The van der Waals surface area contributed by atoms with Crippen LogP contribution in [0.5, 0.6) is 0 Å². The first-order chi connectivity index (χ1) is 19.3. The molecule has 1 aromatic heterocycles. The average Bonchev–Trinajstić information content (AvgIpc) is 3.39. The van der Waals surface area contributed by atoms with E-state index < -0.39 is 14.9 Å². The summed E-state index contributed by atoms with van der Waals surface area (Å²) in [6.07, 6.45) is 1.56. The summed E-state index contributed by atoms with van der Waals surface area (Å²) in [5.74, 6) is 0. The lowest BCUT2D eigenvalue weighted by molar-refractivity contribution is -0.385. The van der Waals surface area contributed by atoms with E-state index in [4.69, 9.17) is 21.3 Å². The van der Waals surface area contributed by atoms with E-state index in [2.05, 4.69) is 20.1 Å². The number of anilines is 3. The first kappa shape index (κ1) is 30.4. The number of thiazole rings is 1. The number of hydrogen-bond donors (Lipinski definition) is 2. The fourth-order valence-corrected chi connectivity index (χ4v) is 6.30. The van der Waals surface area contributed by atoms with E-state index in [0.717, 1.165) is 40.4 Å². The van der Waals surface area contributed by atoms with Crippen molar-refractivity contribution in [1.82, 2.24) is 4.98 Å². The van der Waals surface area contributed by atoms with Crippen LogP contribution < -0.4 is 32.0 Å². The minimum atomic E-state index is -4.23. The van der Waals surface area contributed by atoms with Gasteiger partial charge in [0.15, 0.2) is 5.13 Å². The molecule has 0 unspecified atom stereocenters. The lowest BCUT2D eigenvalue weighted by atomic mass is 10.1. The lowest BCUT2D eigenvalue weighted by Gasteiger charge is -2.26. The predicted molar refractivity (Wildman–Crippen MR) is 157 cm³/mol. The Balaban J connectivity index is 0.00000387. The zero-order chi connectivity index (χ0) is 28.1. The van der Waals surface area contributed by atoms with E-state index in [0.29, 0.717) is 18.2 Å². The summed E-state index contributed by atoms with van der Waals surface area (Å²) in [5, 5.41) is 17.0. The van der Waals surface area contributed by atoms with Gasteiger partial charge < -0.3 is 26.6 Å². The quantitative estimate of drug-likeness (QED) is 0.157. The van der Waals surface area contributed by atoms with Crippen LogP contribution in [0, 0.1) is 10.1 Å². The number of halogens is 2. The van der Waals surface area contributed by atoms with Crippen molar-refractivity contribution in [3.63, 3.8) is 0 Å². The molecule has 1 saturated heterocycles. The van der Waals surface area contributed by atoms with Gasteiger partial charge in [-0.3, -0.25) is 20.3 Å². The van der Waals surface area contributed by atoms with Gasteiger partial charge in [0, 0.05) is 41.5 Å². The van der Waals surface area contributed by atoms with Gasteiger partial charge in [-0.25, -0.2) is 13.4 Å². The van der Waals surface area contributed by atoms with Crippen LogP contribution in [0.1, 0.15) is 4.88 Å². The summed E-state index contributed by atoms with van der Waals surface area (Å²) < 4.78 is 34.4. The number of nitrogens with one attached hydrogen (secondary N) is 2. The second-order valence-electron chi connectivity index (χ2n) is 8.59. The second-order valence-corrected chi connectivity index (χ2v) is 11.7. The maximum atomic E-state index is 13.3. The van der Waals surface area contributed by atoms with Crippen molar-refractivity contribution in [2.75, 3.05) is 41.4 Å². The monoisotopic (exact) mass is 677 g/mol. The molecule has 1 fully saturated rings. The van der Waals surface area contributed by atoms with Crippen molar-refractivity contribution in [1.29, 1.82) is 0 Å². The number of non-ortho nitro benzene ring substituents is 1. The fourth-order valence-electron chi connectivity index (χ4n) is 3.93. The first-order valence-corrected chi connectivity index (χ1v) is 14.7. The smallest absolute Gasteiger partial charge is 0.270 e. The van der Waals surface area contributed by atoms with E-state index in [-0.39, 0.29) is 38.9 Å². The molecule has 4 aromatic rings. The highest BCUT2D eigenvalue weighted by Gasteiger charge is 2.23. The van der Waals surface area contributed by atoms with Crippen LogP contribution in [0.25, 0.3) is 11.3 Å². The number of nitro benzene ring substituents is 1. The summed E-state index contributed by atoms with van der Waals surface area (Å²) in [7, 11) is -4.23. The van der Waals surface area contributed by atoms with Gasteiger partial charge in [0.05, 0.1) is 40.6 Å². The Morgan fingerprint density at radius 3 is 2.46 bits per heavy atom. The van der Waals surface area contributed by atoms with Gasteiger partial charge in [0.2, 0.25) is 0 Å². The molecule has 214 valence electrons. The molecule has 1 aliphatic heterocycles. The third-order valence-electron chi connectivity index (χ3n) is 5.90. The molecule has 0 atom stereocenters. The van der Waals surface area contributed by atoms with E-state index in [1.807, 2.05) is 30.3 Å². The molecule has 0 spiro atoms. The average molecular weight is 679 g/mol. The van der Waals surface area contributed by atoms with Crippen LogP contribution >= 0.6 is 22.9 Å². The molecule has 0 aliphatic carbocycles. The molecule has 2 N–H and O–H groups in total. The number of hydrazone groups is 1. The minimum absolute atomic E-state index is 0. The van der Waals surface area contributed by atoms with Crippen LogP contribution in [0.4, 0.5) is 22.2 Å². The van der Waals surface area contributed by atoms with Crippen molar-refractivity contribution in [3.8, 4) is 11.3 Å². The molecule has 0 radical (unpaired) electrons. The summed E-state index contributed by atoms with van der Waals surface area (Å²) >= 11 is 7.35. The van der Waals surface area contributed by atoms with Crippen LogP contribution in [-0.4, -0.2) is 50.8 Å². The maximum Gasteiger partial charge on any atom is 0.270 e. The molecular weight excluding hydrogens is 656 g/mol. The minimum Gasteiger partial charge on any atom is -1.00 e. The predicted octanol–water partition coefficient (Wildman–Crippen LogP) is 2.46. The van der Waals surface area contributed by atoms with E-state index in [1.165, 1.54) is 47.7 Å². The fraction of sp³-hybridized carbons (Fsp3) is 0.154. The van der Waals surface area contributed by atoms with Gasteiger partial charge in [0.25, 0.3) is 15.7 Å². The van der Waals surface area contributed by atoms with E-state index >= 15 is 0 Å². The number of nitro groups is 1.